The lowest BCUT2D eigenvalue weighted by molar-refractivity contribution is -0.145. The van der Waals surface area contributed by atoms with Crippen LogP contribution in [-0.2, 0) is 4.79 Å². The van der Waals surface area contributed by atoms with Crippen molar-refractivity contribution in [2.24, 2.45) is 5.92 Å². The molecule has 0 spiro atoms. The fourth-order valence-electron chi connectivity index (χ4n) is 2.95. The summed E-state index contributed by atoms with van der Waals surface area (Å²) in [6, 6.07) is 0.321. The second kappa shape index (κ2) is 7.25. The molecular formula is C15H30N2O2. The van der Waals surface area contributed by atoms with Crippen LogP contribution < -0.4 is 5.32 Å². The van der Waals surface area contributed by atoms with Crippen molar-refractivity contribution in [3.63, 3.8) is 0 Å². The third kappa shape index (κ3) is 4.46. The van der Waals surface area contributed by atoms with Crippen molar-refractivity contribution in [3.05, 3.63) is 0 Å². The Bertz CT molecular complexity index is 296. The first-order chi connectivity index (χ1) is 8.92. The minimum Gasteiger partial charge on any atom is -0.480 e. The van der Waals surface area contributed by atoms with Crippen LogP contribution in [0.2, 0.25) is 0 Å². The van der Waals surface area contributed by atoms with Gasteiger partial charge in [0.15, 0.2) is 0 Å². The quantitative estimate of drug-likeness (QED) is 0.711. The molecule has 112 valence electrons. The minimum atomic E-state index is -0.806. The van der Waals surface area contributed by atoms with Crippen LogP contribution >= 0.6 is 0 Å². The Hall–Kier alpha value is -0.610. The second-order valence-electron chi connectivity index (χ2n) is 6.18. The van der Waals surface area contributed by atoms with Gasteiger partial charge in [-0.05, 0) is 52.1 Å². The summed E-state index contributed by atoms with van der Waals surface area (Å²) >= 11 is 0. The molecule has 0 aliphatic carbocycles. The van der Waals surface area contributed by atoms with Gasteiger partial charge >= 0.3 is 5.97 Å². The molecule has 0 aromatic rings. The van der Waals surface area contributed by atoms with Gasteiger partial charge in [-0.25, -0.2) is 0 Å². The van der Waals surface area contributed by atoms with E-state index in [0.29, 0.717) is 12.5 Å². The zero-order valence-corrected chi connectivity index (χ0v) is 12.9. The van der Waals surface area contributed by atoms with Crippen molar-refractivity contribution < 1.29 is 9.90 Å². The van der Waals surface area contributed by atoms with Crippen LogP contribution in [0, 0.1) is 5.92 Å². The number of carboxylic acids is 1. The number of hydrogen-bond acceptors (Lipinski definition) is 3. The number of likely N-dealkylation sites (tertiary alicyclic amines) is 1. The standard InChI is InChI=1S/C15H30N2O2/c1-5-8-16-15(4,14(18)19)10-12(3)17-9-7-13(6-2)11-17/h12-13,16H,5-11H2,1-4H3,(H,18,19). The predicted molar refractivity (Wildman–Crippen MR) is 78.4 cm³/mol. The smallest absolute Gasteiger partial charge is 0.323 e. The molecule has 1 rings (SSSR count). The van der Waals surface area contributed by atoms with Crippen molar-refractivity contribution in [1.82, 2.24) is 10.2 Å². The van der Waals surface area contributed by atoms with E-state index in [2.05, 4.69) is 31.0 Å². The summed E-state index contributed by atoms with van der Waals surface area (Å²) in [5.74, 6) is 0.0566. The number of carbonyl (C=O) groups is 1. The van der Waals surface area contributed by atoms with Crippen molar-refractivity contribution >= 4 is 5.97 Å². The molecule has 0 radical (unpaired) electrons. The van der Waals surface area contributed by atoms with E-state index in [1.807, 2.05) is 6.92 Å². The Labute approximate surface area is 117 Å². The molecule has 1 aliphatic heterocycles. The molecule has 1 fully saturated rings. The number of carboxylic acid groups (broad SMARTS) is 1. The van der Waals surface area contributed by atoms with E-state index in [0.717, 1.165) is 32.0 Å². The van der Waals surface area contributed by atoms with Crippen LogP contribution in [-0.4, -0.2) is 47.2 Å². The first-order valence-corrected chi connectivity index (χ1v) is 7.65. The minimum absolute atomic E-state index is 0.321. The normalized spacial score (nSPS) is 25.2. The molecule has 0 amide bonds. The number of nitrogens with one attached hydrogen (secondary N) is 1. The molecule has 4 heteroatoms. The second-order valence-corrected chi connectivity index (χ2v) is 6.18. The molecule has 3 atom stereocenters. The van der Waals surface area contributed by atoms with Crippen LogP contribution in [0.4, 0.5) is 0 Å². The Balaban J connectivity index is 2.56. The fourth-order valence-corrected chi connectivity index (χ4v) is 2.95. The maximum absolute atomic E-state index is 11.5. The summed E-state index contributed by atoms with van der Waals surface area (Å²) in [5, 5.41) is 12.7. The lowest BCUT2D eigenvalue weighted by Crippen LogP contribution is -2.53. The highest BCUT2D eigenvalue weighted by molar-refractivity contribution is 5.78. The number of rotatable bonds is 8. The number of nitrogens with zero attached hydrogens (tertiary/aromatic N) is 1. The van der Waals surface area contributed by atoms with Gasteiger partial charge in [0.05, 0.1) is 0 Å². The monoisotopic (exact) mass is 270 g/mol. The molecule has 1 heterocycles. The maximum atomic E-state index is 11.5. The van der Waals surface area contributed by atoms with Gasteiger partial charge < -0.3 is 15.3 Å². The Morgan fingerprint density at radius 2 is 2.21 bits per heavy atom. The van der Waals surface area contributed by atoms with Gasteiger partial charge in [0, 0.05) is 12.6 Å². The highest BCUT2D eigenvalue weighted by Gasteiger charge is 2.36. The fraction of sp³-hybridized carbons (Fsp3) is 0.933. The first-order valence-electron chi connectivity index (χ1n) is 7.65. The van der Waals surface area contributed by atoms with Gasteiger partial charge in [0.2, 0.25) is 0 Å². The van der Waals surface area contributed by atoms with E-state index in [1.165, 1.54) is 12.8 Å². The summed E-state index contributed by atoms with van der Waals surface area (Å²) in [7, 11) is 0. The average molecular weight is 270 g/mol. The zero-order valence-electron chi connectivity index (χ0n) is 12.9. The zero-order chi connectivity index (χ0) is 14.5. The molecule has 3 unspecified atom stereocenters. The lowest BCUT2D eigenvalue weighted by Gasteiger charge is -2.33. The van der Waals surface area contributed by atoms with Gasteiger partial charge in [0.25, 0.3) is 0 Å². The predicted octanol–water partition coefficient (Wildman–Crippen LogP) is 2.34. The Morgan fingerprint density at radius 3 is 2.68 bits per heavy atom. The van der Waals surface area contributed by atoms with E-state index in [-0.39, 0.29) is 0 Å². The van der Waals surface area contributed by atoms with E-state index >= 15 is 0 Å². The SMILES string of the molecule is CCCNC(C)(CC(C)N1CCC(CC)C1)C(=O)O. The third-order valence-corrected chi connectivity index (χ3v) is 4.46. The molecule has 0 saturated carbocycles. The molecular weight excluding hydrogens is 240 g/mol. The van der Waals surface area contributed by atoms with E-state index in [9.17, 15) is 9.90 Å². The Kier molecular flexibility index (Phi) is 6.27. The molecule has 0 aromatic heterocycles. The molecule has 0 aromatic carbocycles. The average Bonchev–Trinajstić information content (AvgIpc) is 2.85. The molecule has 2 N–H and O–H groups in total. The van der Waals surface area contributed by atoms with Crippen LogP contribution in [0.1, 0.15) is 53.4 Å². The summed E-state index contributed by atoms with van der Waals surface area (Å²) in [4.78, 5) is 14.0. The van der Waals surface area contributed by atoms with E-state index in [1.54, 1.807) is 0 Å². The summed E-state index contributed by atoms with van der Waals surface area (Å²) in [6.07, 6.45) is 4.11. The number of hydrogen-bond donors (Lipinski definition) is 2. The number of aliphatic carboxylic acids is 1. The molecule has 19 heavy (non-hydrogen) atoms. The molecule has 4 nitrogen and oxygen atoms in total. The lowest BCUT2D eigenvalue weighted by atomic mass is 9.92. The van der Waals surface area contributed by atoms with Crippen molar-refractivity contribution in [2.45, 2.75) is 65.0 Å². The van der Waals surface area contributed by atoms with Crippen molar-refractivity contribution in [2.75, 3.05) is 19.6 Å². The van der Waals surface area contributed by atoms with Gasteiger partial charge in [-0.2, -0.15) is 0 Å². The van der Waals surface area contributed by atoms with E-state index < -0.39 is 11.5 Å². The summed E-state index contributed by atoms with van der Waals surface area (Å²) in [6.45, 7) is 11.3. The summed E-state index contributed by atoms with van der Waals surface area (Å²) in [5.41, 5.74) is -0.806. The van der Waals surface area contributed by atoms with Crippen LogP contribution in [0.5, 0.6) is 0 Å². The molecule has 1 saturated heterocycles. The summed E-state index contributed by atoms with van der Waals surface area (Å²) < 4.78 is 0. The Morgan fingerprint density at radius 1 is 1.53 bits per heavy atom. The van der Waals surface area contributed by atoms with E-state index in [4.69, 9.17) is 0 Å². The highest BCUT2D eigenvalue weighted by atomic mass is 16.4. The van der Waals surface area contributed by atoms with Crippen molar-refractivity contribution in [3.8, 4) is 0 Å². The van der Waals surface area contributed by atoms with Gasteiger partial charge in [-0.15, -0.1) is 0 Å². The topological polar surface area (TPSA) is 52.6 Å². The molecule has 1 aliphatic rings. The largest absolute Gasteiger partial charge is 0.480 e. The maximum Gasteiger partial charge on any atom is 0.323 e. The van der Waals surface area contributed by atoms with Crippen LogP contribution in [0.15, 0.2) is 0 Å². The van der Waals surface area contributed by atoms with Crippen LogP contribution in [0.3, 0.4) is 0 Å². The van der Waals surface area contributed by atoms with Gasteiger partial charge in [-0.3, -0.25) is 4.79 Å². The first kappa shape index (κ1) is 16.4. The third-order valence-electron chi connectivity index (χ3n) is 4.46. The highest BCUT2D eigenvalue weighted by Crippen LogP contribution is 2.25. The van der Waals surface area contributed by atoms with Gasteiger partial charge in [-0.1, -0.05) is 20.3 Å². The van der Waals surface area contributed by atoms with Crippen molar-refractivity contribution in [1.29, 1.82) is 0 Å². The van der Waals surface area contributed by atoms with Gasteiger partial charge in [0.1, 0.15) is 5.54 Å². The van der Waals surface area contributed by atoms with Crippen LogP contribution in [0.25, 0.3) is 0 Å². The molecule has 0 bridgehead atoms.